The van der Waals surface area contributed by atoms with Crippen LogP contribution in [0.2, 0.25) is 0 Å². The highest BCUT2D eigenvalue weighted by Crippen LogP contribution is 2.42. The van der Waals surface area contributed by atoms with Crippen molar-refractivity contribution in [3.63, 3.8) is 0 Å². The van der Waals surface area contributed by atoms with Gasteiger partial charge in [0.25, 0.3) is 0 Å². The van der Waals surface area contributed by atoms with Crippen molar-refractivity contribution in [3.05, 3.63) is 0 Å². The first-order valence-corrected chi connectivity index (χ1v) is 14.2. The molecular formula is C25H40N2O5S. The molecule has 0 aromatic heterocycles. The van der Waals surface area contributed by atoms with E-state index in [9.17, 15) is 14.7 Å². The molecule has 3 aliphatic carbocycles. The first-order valence-electron chi connectivity index (χ1n) is 13.2. The monoisotopic (exact) mass is 480 g/mol. The van der Waals surface area contributed by atoms with Crippen LogP contribution in [0.5, 0.6) is 0 Å². The van der Waals surface area contributed by atoms with Gasteiger partial charge in [0.2, 0.25) is 5.91 Å². The Kier molecular flexibility index (Phi) is 7.55. The Morgan fingerprint density at radius 3 is 2.73 bits per heavy atom. The molecule has 1 amide bonds. The molecule has 2 saturated heterocycles. The minimum Gasteiger partial charge on any atom is -0.462 e. The number of nitrogens with zero attached hydrogens (tertiary/aromatic N) is 1. The number of thioether (sulfide) groups is 1. The maximum absolute atomic E-state index is 13.8. The minimum atomic E-state index is -0.362. The molecule has 0 radical (unpaired) electrons. The van der Waals surface area contributed by atoms with Crippen LogP contribution in [0.15, 0.2) is 0 Å². The lowest BCUT2D eigenvalue weighted by atomic mass is 9.75. The van der Waals surface area contributed by atoms with Gasteiger partial charge in [-0.05, 0) is 44.4 Å². The SMILES string of the molecule is COC1CCCCC1N1C(=O)C2CCCCC2NC1SCC1CC(=O)OC2CC(O)CCC12. The Labute approximate surface area is 201 Å². The molecule has 9 atom stereocenters. The van der Waals surface area contributed by atoms with Crippen molar-refractivity contribution in [2.75, 3.05) is 12.9 Å². The highest BCUT2D eigenvalue weighted by Gasteiger charge is 2.48. The van der Waals surface area contributed by atoms with E-state index in [1.165, 1.54) is 6.42 Å². The van der Waals surface area contributed by atoms with E-state index < -0.39 is 0 Å². The molecule has 5 rings (SSSR count). The van der Waals surface area contributed by atoms with Gasteiger partial charge in [-0.3, -0.25) is 14.9 Å². The number of ether oxygens (including phenoxy) is 2. The Balaban J connectivity index is 1.32. The van der Waals surface area contributed by atoms with Crippen molar-refractivity contribution in [3.8, 4) is 0 Å². The lowest BCUT2D eigenvalue weighted by Gasteiger charge is -2.51. The number of carbonyl (C=O) groups excluding carboxylic acids is 2. The van der Waals surface area contributed by atoms with Crippen LogP contribution < -0.4 is 5.32 Å². The van der Waals surface area contributed by atoms with Crippen molar-refractivity contribution >= 4 is 23.6 Å². The Morgan fingerprint density at radius 1 is 1.09 bits per heavy atom. The maximum Gasteiger partial charge on any atom is 0.306 e. The van der Waals surface area contributed by atoms with E-state index >= 15 is 0 Å². The number of methoxy groups -OCH3 is 1. The van der Waals surface area contributed by atoms with Gasteiger partial charge in [0.15, 0.2) is 0 Å². The summed E-state index contributed by atoms with van der Waals surface area (Å²) in [5, 5.41) is 13.9. The molecule has 5 fully saturated rings. The fourth-order valence-corrected chi connectivity index (χ4v) is 8.60. The van der Waals surface area contributed by atoms with E-state index in [0.29, 0.717) is 24.7 Å². The van der Waals surface area contributed by atoms with Crippen molar-refractivity contribution in [2.24, 2.45) is 17.8 Å². The van der Waals surface area contributed by atoms with Crippen molar-refractivity contribution < 1.29 is 24.2 Å². The summed E-state index contributed by atoms with van der Waals surface area (Å²) in [5.41, 5.74) is -0.0665. The van der Waals surface area contributed by atoms with Gasteiger partial charge < -0.3 is 19.5 Å². The predicted octanol–water partition coefficient (Wildman–Crippen LogP) is 3.04. The van der Waals surface area contributed by atoms with Crippen LogP contribution >= 0.6 is 11.8 Å². The maximum atomic E-state index is 13.8. The third-order valence-corrected chi connectivity index (χ3v) is 10.2. The van der Waals surface area contributed by atoms with E-state index in [1.54, 1.807) is 18.9 Å². The number of hydrogen-bond acceptors (Lipinski definition) is 7. The van der Waals surface area contributed by atoms with Crippen LogP contribution in [-0.2, 0) is 19.1 Å². The highest BCUT2D eigenvalue weighted by atomic mass is 32.2. The number of aliphatic hydroxyl groups excluding tert-OH is 1. The van der Waals surface area contributed by atoms with Gasteiger partial charge in [-0.2, -0.15) is 0 Å². The number of rotatable bonds is 5. The molecule has 0 bridgehead atoms. The van der Waals surface area contributed by atoms with Crippen LogP contribution in [0.25, 0.3) is 0 Å². The first-order chi connectivity index (χ1) is 16.0. The van der Waals surface area contributed by atoms with Crippen molar-refractivity contribution in [2.45, 2.75) is 113 Å². The summed E-state index contributed by atoms with van der Waals surface area (Å²) in [6.07, 6.45) is 11.0. The predicted molar refractivity (Wildman–Crippen MR) is 126 cm³/mol. The quantitative estimate of drug-likeness (QED) is 0.585. The molecule has 0 aromatic rings. The topological polar surface area (TPSA) is 88.1 Å². The van der Waals surface area contributed by atoms with Crippen LogP contribution in [0.1, 0.15) is 77.0 Å². The zero-order valence-electron chi connectivity index (χ0n) is 19.8. The second kappa shape index (κ2) is 10.4. The van der Waals surface area contributed by atoms with Gasteiger partial charge in [0.1, 0.15) is 11.6 Å². The summed E-state index contributed by atoms with van der Waals surface area (Å²) in [6, 6.07) is 0.386. The number of esters is 1. The fourth-order valence-electron chi connectivity index (χ4n) is 7.12. The number of aliphatic hydroxyl groups is 1. The average Bonchev–Trinajstić information content (AvgIpc) is 2.82. The molecule has 2 N–H and O–H groups in total. The van der Waals surface area contributed by atoms with E-state index in [-0.39, 0.29) is 53.7 Å². The summed E-state index contributed by atoms with van der Waals surface area (Å²) in [7, 11) is 1.78. The summed E-state index contributed by atoms with van der Waals surface area (Å²) < 4.78 is 11.5. The van der Waals surface area contributed by atoms with Gasteiger partial charge >= 0.3 is 5.97 Å². The van der Waals surface area contributed by atoms with Gasteiger partial charge in [0, 0.05) is 37.7 Å². The van der Waals surface area contributed by atoms with Crippen LogP contribution in [0.4, 0.5) is 0 Å². The lowest BCUT2D eigenvalue weighted by Crippen LogP contribution is -2.67. The third kappa shape index (κ3) is 4.95. The molecule has 0 spiro atoms. The second-order valence-corrected chi connectivity index (χ2v) is 12.0. The molecule has 9 unspecified atom stereocenters. The molecule has 8 heteroatoms. The van der Waals surface area contributed by atoms with Gasteiger partial charge in [0.05, 0.1) is 24.2 Å². The molecule has 7 nitrogen and oxygen atoms in total. The Morgan fingerprint density at radius 2 is 1.88 bits per heavy atom. The largest absolute Gasteiger partial charge is 0.462 e. The molecule has 3 saturated carbocycles. The summed E-state index contributed by atoms with van der Waals surface area (Å²) in [6.45, 7) is 0. The van der Waals surface area contributed by atoms with Crippen molar-refractivity contribution in [1.82, 2.24) is 10.2 Å². The zero-order valence-corrected chi connectivity index (χ0v) is 20.6. The molecule has 5 aliphatic rings. The average molecular weight is 481 g/mol. The lowest BCUT2D eigenvalue weighted by molar-refractivity contribution is -0.168. The van der Waals surface area contributed by atoms with E-state index in [4.69, 9.17) is 9.47 Å². The fraction of sp³-hybridized carbons (Fsp3) is 0.920. The highest BCUT2D eigenvalue weighted by molar-refractivity contribution is 7.99. The number of carbonyl (C=O) groups is 2. The number of amides is 1. The normalized spacial score (nSPS) is 44.1. The molecule has 0 aromatic carbocycles. The number of fused-ring (bicyclic) bond motifs is 2. The number of hydrogen-bond donors (Lipinski definition) is 2. The molecule has 2 heterocycles. The molecule has 2 aliphatic heterocycles. The Hall–Kier alpha value is -0.830. The van der Waals surface area contributed by atoms with Crippen LogP contribution in [-0.4, -0.2) is 70.6 Å². The molecular weight excluding hydrogens is 440 g/mol. The Bertz CT molecular complexity index is 723. The first kappa shape index (κ1) is 23.9. The van der Waals surface area contributed by atoms with E-state index in [1.807, 2.05) is 0 Å². The van der Waals surface area contributed by atoms with Gasteiger partial charge in [-0.1, -0.05) is 25.7 Å². The second-order valence-electron chi connectivity index (χ2n) is 10.8. The molecule has 186 valence electrons. The summed E-state index contributed by atoms with van der Waals surface area (Å²) >= 11 is 1.80. The number of nitrogens with one attached hydrogen (secondary N) is 1. The third-order valence-electron chi connectivity index (χ3n) is 8.88. The summed E-state index contributed by atoms with van der Waals surface area (Å²) in [5.74, 6) is 1.64. The summed E-state index contributed by atoms with van der Waals surface area (Å²) in [4.78, 5) is 28.3. The van der Waals surface area contributed by atoms with E-state index in [2.05, 4.69) is 10.2 Å². The standard InChI is InChI=1S/C25H40N2O5S/c1-31-21-9-5-4-8-20(21)27-24(30)18-6-2-3-7-19(18)26-25(27)33-14-15-12-23(29)32-22-13-16(28)10-11-17(15)22/h15-22,25-26,28H,2-14H2,1H3. The van der Waals surface area contributed by atoms with Gasteiger partial charge in [-0.25, -0.2) is 0 Å². The van der Waals surface area contributed by atoms with E-state index in [0.717, 1.165) is 63.5 Å². The van der Waals surface area contributed by atoms with Crippen molar-refractivity contribution in [1.29, 1.82) is 0 Å². The zero-order chi connectivity index (χ0) is 22.9. The smallest absolute Gasteiger partial charge is 0.306 e. The van der Waals surface area contributed by atoms with Gasteiger partial charge in [-0.15, -0.1) is 11.8 Å². The minimum absolute atomic E-state index is 0.0665. The molecule has 33 heavy (non-hydrogen) atoms. The van der Waals surface area contributed by atoms with Crippen LogP contribution in [0, 0.1) is 17.8 Å². The van der Waals surface area contributed by atoms with Crippen LogP contribution in [0.3, 0.4) is 0 Å².